The maximum Gasteiger partial charge on any atom is 0.0665 e. The molecule has 0 aromatic carbocycles. The number of nitrogens with zero attached hydrogens (tertiary/aromatic N) is 1. The van der Waals surface area contributed by atoms with Crippen LogP contribution in [0.2, 0.25) is 0 Å². The van der Waals surface area contributed by atoms with E-state index >= 15 is 0 Å². The molecule has 0 saturated carbocycles. The van der Waals surface area contributed by atoms with E-state index in [1.165, 1.54) is 0 Å². The lowest BCUT2D eigenvalue weighted by molar-refractivity contribution is 0.188. The molecule has 3 heteroatoms. The van der Waals surface area contributed by atoms with Gasteiger partial charge in [-0.1, -0.05) is 15.9 Å². The van der Waals surface area contributed by atoms with Crippen molar-refractivity contribution in [2.75, 3.05) is 19.0 Å². The van der Waals surface area contributed by atoms with Gasteiger partial charge in [-0.2, -0.15) is 5.26 Å². The molecule has 9 heavy (non-hydrogen) atoms. The Morgan fingerprint density at radius 2 is 2.44 bits per heavy atom. The van der Waals surface area contributed by atoms with Gasteiger partial charge in [-0.15, -0.1) is 0 Å². The van der Waals surface area contributed by atoms with Crippen molar-refractivity contribution in [3.05, 3.63) is 0 Å². The second-order valence-corrected chi connectivity index (χ2v) is 2.41. The minimum atomic E-state index is 0.102. The summed E-state index contributed by atoms with van der Waals surface area (Å²) in [6, 6.07) is 2.16. The second kappa shape index (κ2) is 6.06. The highest BCUT2D eigenvalue weighted by molar-refractivity contribution is 9.09. The van der Waals surface area contributed by atoms with Gasteiger partial charge in [0, 0.05) is 19.0 Å². The molecule has 0 aromatic heterocycles. The monoisotopic (exact) mass is 191 g/mol. The van der Waals surface area contributed by atoms with Gasteiger partial charge in [0.15, 0.2) is 0 Å². The standard InChI is InChI=1S/C6H10BrNO/c1-9-3-2-6(4-7)5-8/h6H,2-4H2,1H3. The molecule has 0 bridgehead atoms. The van der Waals surface area contributed by atoms with E-state index in [9.17, 15) is 0 Å². The van der Waals surface area contributed by atoms with Gasteiger partial charge in [0.2, 0.25) is 0 Å². The van der Waals surface area contributed by atoms with Gasteiger partial charge in [-0.25, -0.2) is 0 Å². The molecule has 0 fully saturated rings. The Balaban J connectivity index is 3.23. The van der Waals surface area contributed by atoms with Crippen LogP contribution in [0.25, 0.3) is 0 Å². The van der Waals surface area contributed by atoms with Crippen molar-refractivity contribution in [1.82, 2.24) is 0 Å². The van der Waals surface area contributed by atoms with Crippen molar-refractivity contribution in [1.29, 1.82) is 5.26 Å². The number of hydrogen-bond donors (Lipinski definition) is 0. The fourth-order valence-electron chi connectivity index (χ4n) is 0.436. The molecule has 0 aliphatic carbocycles. The van der Waals surface area contributed by atoms with E-state index in [1.54, 1.807) is 7.11 Å². The zero-order chi connectivity index (χ0) is 7.11. The zero-order valence-electron chi connectivity index (χ0n) is 5.43. The minimum Gasteiger partial charge on any atom is -0.385 e. The third kappa shape index (κ3) is 4.43. The summed E-state index contributed by atoms with van der Waals surface area (Å²) in [7, 11) is 1.64. The van der Waals surface area contributed by atoms with Crippen LogP contribution < -0.4 is 0 Å². The topological polar surface area (TPSA) is 33.0 Å². The first kappa shape index (κ1) is 8.93. The zero-order valence-corrected chi connectivity index (χ0v) is 7.02. The van der Waals surface area contributed by atoms with Gasteiger partial charge in [0.1, 0.15) is 0 Å². The Morgan fingerprint density at radius 1 is 1.78 bits per heavy atom. The van der Waals surface area contributed by atoms with Crippen molar-refractivity contribution in [3.8, 4) is 6.07 Å². The van der Waals surface area contributed by atoms with E-state index < -0.39 is 0 Å². The van der Waals surface area contributed by atoms with Crippen LogP contribution in [0, 0.1) is 17.2 Å². The molecular formula is C6H10BrNO. The first-order chi connectivity index (χ1) is 4.35. The molecule has 0 rings (SSSR count). The van der Waals surface area contributed by atoms with Crippen LogP contribution in [0.3, 0.4) is 0 Å². The van der Waals surface area contributed by atoms with Crippen molar-refractivity contribution < 1.29 is 4.74 Å². The normalized spacial score (nSPS) is 12.6. The largest absolute Gasteiger partial charge is 0.385 e. The highest BCUT2D eigenvalue weighted by Gasteiger charge is 2.02. The predicted octanol–water partition coefficient (Wildman–Crippen LogP) is 1.56. The number of rotatable bonds is 4. The fraction of sp³-hybridized carbons (Fsp3) is 0.833. The van der Waals surface area contributed by atoms with Crippen LogP contribution in [0.4, 0.5) is 0 Å². The maximum atomic E-state index is 8.42. The van der Waals surface area contributed by atoms with Crippen molar-refractivity contribution in [3.63, 3.8) is 0 Å². The number of methoxy groups -OCH3 is 1. The van der Waals surface area contributed by atoms with E-state index in [0.717, 1.165) is 11.8 Å². The number of ether oxygens (including phenoxy) is 1. The van der Waals surface area contributed by atoms with E-state index in [0.29, 0.717) is 6.61 Å². The average molecular weight is 192 g/mol. The molecule has 1 unspecified atom stereocenters. The summed E-state index contributed by atoms with van der Waals surface area (Å²) >= 11 is 3.23. The first-order valence-corrected chi connectivity index (χ1v) is 3.91. The summed E-state index contributed by atoms with van der Waals surface area (Å²) in [6.45, 7) is 0.670. The molecular weight excluding hydrogens is 182 g/mol. The summed E-state index contributed by atoms with van der Waals surface area (Å²) in [5.41, 5.74) is 0. The Bertz CT molecular complexity index is 99.7. The van der Waals surface area contributed by atoms with Crippen LogP contribution in [-0.2, 0) is 4.74 Å². The minimum absolute atomic E-state index is 0.102. The molecule has 0 spiro atoms. The Hall–Kier alpha value is -0.0700. The summed E-state index contributed by atoms with van der Waals surface area (Å²) in [6.07, 6.45) is 0.818. The Labute approximate surface area is 63.9 Å². The molecule has 1 atom stereocenters. The summed E-state index contributed by atoms with van der Waals surface area (Å²) in [4.78, 5) is 0. The molecule has 0 heterocycles. The average Bonchev–Trinajstić information content (AvgIpc) is 1.91. The molecule has 0 saturated heterocycles. The number of nitriles is 1. The van der Waals surface area contributed by atoms with Crippen LogP contribution >= 0.6 is 15.9 Å². The lowest BCUT2D eigenvalue weighted by atomic mass is 10.1. The molecule has 0 aliphatic heterocycles. The lowest BCUT2D eigenvalue weighted by Crippen LogP contribution is -2.02. The smallest absolute Gasteiger partial charge is 0.0665 e. The lowest BCUT2D eigenvalue weighted by Gasteiger charge is -2.01. The highest BCUT2D eigenvalue weighted by atomic mass is 79.9. The summed E-state index contributed by atoms with van der Waals surface area (Å²) in [5.74, 6) is 0.102. The summed E-state index contributed by atoms with van der Waals surface area (Å²) < 4.78 is 4.80. The van der Waals surface area contributed by atoms with Crippen molar-refractivity contribution in [2.24, 2.45) is 5.92 Å². The van der Waals surface area contributed by atoms with Gasteiger partial charge < -0.3 is 4.74 Å². The third-order valence-electron chi connectivity index (χ3n) is 1.04. The number of alkyl halides is 1. The van der Waals surface area contributed by atoms with Gasteiger partial charge in [-0.3, -0.25) is 0 Å². The molecule has 0 aromatic rings. The van der Waals surface area contributed by atoms with E-state index in [4.69, 9.17) is 10.00 Å². The molecule has 2 nitrogen and oxygen atoms in total. The molecule has 0 radical (unpaired) electrons. The van der Waals surface area contributed by atoms with Gasteiger partial charge in [-0.05, 0) is 6.42 Å². The SMILES string of the molecule is COCCC(C#N)CBr. The summed E-state index contributed by atoms with van der Waals surface area (Å²) in [5, 5.41) is 9.16. The first-order valence-electron chi connectivity index (χ1n) is 2.79. The third-order valence-corrected chi connectivity index (χ3v) is 1.82. The van der Waals surface area contributed by atoms with Crippen LogP contribution in [0.5, 0.6) is 0 Å². The van der Waals surface area contributed by atoms with Gasteiger partial charge in [0.25, 0.3) is 0 Å². The fourth-order valence-corrected chi connectivity index (χ4v) is 0.905. The number of halogens is 1. The van der Waals surface area contributed by atoms with Crippen molar-refractivity contribution >= 4 is 15.9 Å². The molecule has 0 amide bonds. The maximum absolute atomic E-state index is 8.42. The molecule has 52 valence electrons. The Kier molecular flexibility index (Phi) is 6.01. The quantitative estimate of drug-likeness (QED) is 0.633. The van der Waals surface area contributed by atoms with E-state index in [1.807, 2.05) is 0 Å². The predicted molar refractivity (Wildman–Crippen MR) is 39.4 cm³/mol. The van der Waals surface area contributed by atoms with Crippen LogP contribution in [0.15, 0.2) is 0 Å². The van der Waals surface area contributed by atoms with Gasteiger partial charge in [0.05, 0.1) is 12.0 Å². The van der Waals surface area contributed by atoms with E-state index in [-0.39, 0.29) is 5.92 Å². The number of hydrogen-bond acceptors (Lipinski definition) is 2. The van der Waals surface area contributed by atoms with Crippen LogP contribution in [0.1, 0.15) is 6.42 Å². The molecule has 0 aliphatic rings. The van der Waals surface area contributed by atoms with Crippen molar-refractivity contribution in [2.45, 2.75) is 6.42 Å². The van der Waals surface area contributed by atoms with Crippen LogP contribution in [-0.4, -0.2) is 19.0 Å². The van der Waals surface area contributed by atoms with Gasteiger partial charge >= 0.3 is 0 Å². The highest BCUT2D eigenvalue weighted by Crippen LogP contribution is 2.04. The second-order valence-electron chi connectivity index (χ2n) is 1.76. The van der Waals surface area contributed by atoms with E-state index in [2.05, 4.69) is 22.0 Å². The molecule has 0 N–H and O–H groups in total. The Morgan fingerprint density at radius 3 is 2.78 bits per heavy atom.